The molecule has 0 unspecified atom stereocenters. The van der Waals surface area contributed by atoms with Crippen molar-refractivity contribution in [1.82, 2.24) is 4.72 Å². The Balaban J connectivity index is 2.32. The summed E-state index contributed by atoms with van der Waals surface area (Å²) in [5.74, 6) is 0.711. The minimum Gasteiger partial charge on any atom is -0.490 e. The van der Waals surface area contributed by atoms with Crippen molar-refractivity contribution in [1.29, 1.82) is 0 Å². The molecular weight excluding hydrogens is 240 g/mol. The van der Waals surface area contributed by atoms with E-state index in [1.54, 1.807) is 12.1 Å². The van der Waals surface area contributed by atoms with Crippen LogP contribution in [0.3, 0.4) is 0 Å². The van der Waals surface area contributed by atoms with Gasteiger partial charge in [0.05, 0.1) is 11.4 Å². The lowest BCUT2D eigenvalue weighted by Crippen LogP contribution is -2.30. The van der Waals surface area contributed by atoms with Crippen LogP contribution >= 0.6 is 0 Å². The topological polar surface area (TPSA) is 81.4 Å². The van der Waals surface area contributed by atoms with Crippen LogP contribution in [0.2, 0.25) is 0 Å². The summed E-state index contributed by atoms with van der Waals surface area (Å²) in [6.07, 6.45) is 0.599. The Labute approximate surface area is 102 Å². The van der Waals surface area contributed by atoms with E-state index >= 15 is 0 Å². The number of hydrogen-bond donors (Lipinski definition) is 2. The fourth-order valence-electron chi connectivity index (χ4n) is 1.31. The molecule has 0 aliphatic carbocycles. The Kier molecular flexibility index (Phi) is 5.24. The summed E-state index contributed by atoms with van der Waals surface area (Å²) in [4.78, 5) is 0. The van der Waals surface area contributed by atoms with E-state index in [0.29, 0.717) is 17.9 Å². The summed E-state index contributed by atoms with van der Waals surface area (Å²) >= 11 is 0. The van der Waals surface area contributed by atoms with Crippen LogP contribution in [0, 0.1) is 0 Å². The average molecular weight is 258 g/mol. The van der Waals surface area contributed by atoms with Gasteiger partial charge in [-0.2, -0.15) is 0 Å². The van der Waals surface area contributed by atoms with Gasteiger partial charge in [0.15, 0.2) is 0 Å². The number of anilines is 1. The second-order valence-corrected chi connectivity index (χ2v) is 5.53. The summed E-state index contributed by atoms with van der Waals surface area (Å²) in [7, 11) is -3.16. The molecule has 0 radical (unpaired) electrons. The molecule has 96 valence electrons. The zero-order valence-electron chi connectivity index (χ0n) is 9.85. The lowest BCUT2D eigenvalue weighted by atomic mass is 10.3. The second-order valence-electron chi connectivity index (χ2n) is 3.60. The van der Waals surface area contributed by atoms with E-state index in [-0.39, 0.29) is 18.9 Å². The van der Waals surface area contributed by atoms with Crippen LogP contribution in [0.1, 0.15) is 13.3 Å². The summed E-state index contributed by atoms with van der Waals surface area (Å²) in [5, 5.41) is 0. The molecule has 0 saturated carbocycles. The highest BCUT2D eigenvalue weighted by molar-refractivity contribution is 7.89. The molecule has 5 nitrogen and oxygen atoms in total. The first kappa shape index (κ1) is 13.8. The van der Waals surface area contributed by atoms with E-state index in [1.165, 1.54) is 0 Å². The summed E-state index contributed by atoms with van der Waals surface area (Å²) < 4.78 is 30.4. The normalized spacial score (nSPS) is 11.4. The van der Waals surface area contributed by atoms with Crippen LogP contribution in [0.5, 0.6) is 5.75 Å². The van der Waals surface area contributed by atoms with Crippen LogP contribution in [-0.4, -0.2) is 27.3 Å². The van der Waals surface area contributed by atoms with Gasteiger partial charge in [-0.1, -0.05) is 19.1 Å². The monoisotopic (exact) mass is 258 g/mol. The maximum absolute atomic E-state index is 11.3. The lowest BCUT2D eigenvalue weighted by Gasteiger charge is -2.09. The van der Waals surface area contributed by atoms with E-state index in [0.717, 1.165) is 0 Å². The summed E-state index contributed by atoms with van der Waals surface area (Å²) in [6.45, 7) is 2.33. The molecule has 0 amide bonds. The van der Waals surface area contributed by atoms with Crippen LogP contribution in [-0.2, 0) is 10.0 Å². The molecule has 1 aromatic carbocycles. The van der Waals surface area contributed by atoms with Crippen molar-refractivity contribution in [3.05, 3.63) is 24.3 Å². The van der Waals surface area contributed by atoms with E-state index in [2.05, 4.69) is 4.72 Å². The van der Waals surface area contributed by atoms with Gasteiger partial charge in [0.1, 0.15) is 12.4 Å². The average Bonchev–Trinajstić information content (AvgIpc) is 2.26. The molecule has 6 heteroatoms. The highest BCUT2D eigenvalue weighted by atomic mass is 32.2. The molecule has 0 heterocycles. The van der Waals surface area contributed by atoms with Gasteiger partial charge in [0, 0.05) is 6.54 Å². The van der Waals surface area contributed by atoms with Crippen molar-refractivity contribution >= 4 is 15.7 Å². The molecule has 0 fully saturated rings. The van der Waals surface area contributed by atoms with Gasteiger partial charge in [0.2, 0.25) is 10.0 Å². The molecule has 17 heavy (non-hydrogen) atoms. The number of para-hydroxylation sites is 2. The van der Waals surface area contributed by atoms with Crippen LogP contribution < -0.4 is 15.2 Å². The van der Waals surface area contributed by atoms with Crippen molar-refractivity contribution in [3.8, 4) is 5.75 Å². The zero-order valence-corrected chi connectivity index (χ0v) is 10.7. The fraction of sp³-hybridized carbons (Fsp3) is 0.455. The van der Waals surface area contributed by atoms with Gasteiger partial charge in [0.25, 0.3) is 0 Å². The molecular formula is C11H18N2O3S. The third-order valence-electron chi connectivity index (χ3n) is 2.07. The number of nitrogen functional groups attached to an aromatic ring is 1. The van der Waals surface area contributed by atoms with Crippen LogP contribution in [0.25, 0.3) is 0 Å². The maximum Gasteiger partial charge on any atom is 0.211 e. The fourth-order valence-corrected chi connectivity index (χ4v) is 2.39. The number of sulfonamides is 1. The number of nitrogens with one attached hydrogen (secondary N) is 1. The number of rotatable bonds is 7. The first-order chi connectivity index (χ1) is 8.05. The van der Waals surface area contributed by atoms with Crippen molar-refractivity contribution in [2.45, 2.75) is 13.3 Å². The van der Waals surface area contributed by atoms with Gasteiger partial charge in [-0.05, 0) is 18.6 Å². The Hall–Kier alpha value is -1.27. The Morgan fingerprint density at radius 1 is 1.35 bits per heavy atom. The van der Waals surface area contributed by atoms with Gasteiger partial charge >= 0.3 is 0 Å². The van der Waals surface area contributed by atoms with Crippen molar-refractivity contribution < 1.29 is 13.2 Å². The van der Waals surface area contributed by atoms with E-state index < -0.39 is 10.0 Å². The quantitative estimate of drug-likeness (QED) is 0.564. The van der Waals surface area contributed by atoms with Gasteiger partial charge in [-0.25, -0.2) is 13.1 Å². The first-order valence-corrected chi connectivity index (χ1v) is 7.15. The van der Waals surface area contributed by atoms with E-state index in [1.807, 2.05) is 19.1 Å². The number of benzene rings is 1. The smallest absolute Gasteiger partial charge is 0.211 e. The van der Waals surface area contributed by atoms with Crippen molar-refractivity contribution in [2.75, 3.05) is 24.6 Å². The Bertz CT molecular complexity index is 446. The SMILES string of the molecule is CCCS(=O)(=O)NCCOc1ccccc1N. The molecule has 1 aromatic rings. The van der Waals surface area contributed by atoms with Gasteiger partial charge in [-0.15, -0.1) is 0 Å². The third-order valence-corrected chi connectivity index (χ3v) is 3.66. The minimum absolute atomic E-state index is 0.139. The number of ether oxygens (including phenoxy) is 1. The van der Waals surface area contributed by atoms with Crippen LogP contribution in [0.15, 0.2) is 24.3 Å². The third kappa shape index (κ3) is 5.06. The number of nitrogens with two attached hydrogens (primary N) is 1. The number of hydrogen-bond acceptors (Lipinski definition) is 4. The minimum atomic E-state index is -3.16. The molecule has 3 N–H and O–H groups in total. The summed E-state index contributed by atoms with van der Waals surface area (Å²) in [5.41, 5.74) is 6.22. The molecule has 0 saturated heterocycles. The van der Waals surface area contributed by atoms with E-state index in [4.69, 9.17) is 10.5 Å². The molecule has 0 atom stereocenters. The van der Waals surface area contributed by atoms with Gasteiger partial charge in [-0.3, -0.25) is 0 Å². The Morgan fingerprint density at radius 2 is 2.06 bits per heavy atom. The predicted molar refractivity (Wildman–Crippen MR) is 68.4 cm³/mol. The van der Waals surface area contributed by atoms with Crippen molar-refractivity contribution in [2.24, 2.45) is 0 Å². The van der Waals surface area contributed by atoms with Crippen molar-refractivity contribution in [3.63, 3.8) is 0 Å². The highest BCUT2D eigenvalue weighted by Gasteiger charge is 2.07. The molecule has 0 spiro atoms. The highest BCUT2D eigenvalue weighted by Crippen LogP contribution is 2.19. The molecule has 0 aliphatic rings. The molecule has 0 aliphatic heterocycles. The second kappa shape index (κ2) is 6.46. The lowest BCUT2D eigenvalue weighted by molar-refractivity contribution is 0.324. The van der Waals surface area contributed by atoms with Gasteiger partial charge < -0.3 is 10.5 Å². The zero-order chi connectivity index (χ0) is 12.7. The molecule has 0 bridgehead atoms. The van der Waals surface area contributed by atoms with E-state index in [9.17, 15) is 8.42 Å². The van der Waals surface area contributed by atoms with Crippen LogP contribution in [0.4, 0.5) is 5.69 Å². The molecule has 0 aromatic heterocycles. The maximum atomic E-state index is 11.3. The largest absolute Gasteiger partial charge is 0.490 e. The standard InChI is InChI=1S/C11H18N2O3S/c1-2-9-17(14,15)13-7-8-16-11-6-4-3-5-10(11)12/h3-6,13H,2,7-9,12H2,1H3. The molecule has 1 rings (SSSR count). The summed E-state index contributed by atoms with van der Waals surface area (Å²) in [6, 6.07) is 7.10. The first-order valence-electron chi connectivity index (χ1n) is 5.50. The predicted octanol–water partition coefficient (Wildman–Crippen LogP) is 0.977. The Morgan fingerprint density at radius 3 is 2.71 bits per heavy atom.